The minimum absolute atomic E-state index is 0. The van der Waals surface area contributed by atoms with Crippen molar-refractivity contribution in [3.05, 3.63) is 34.9 Å². The third kappa shape index (κ3) is 6.17. The van der Waals surface area contributed by atoms with Gasteiger partial charge in [0.15, 0.2) is 0 Å². The van der Waals surface area contributed by atoms with E-state index in [1.54, 1.807) is 0 Å². The summed E-state index contributed by atoms with van der Waals surface area (Å²) in [4.78, 5) is 32.9. The number of thiol groups is 1. The first-order valence-corrected chi connectivity index (χ1v) is 5.45. The Labute approximate surface area is 164 Å². The van der Waals surface area contributed by atoms with Gasteiger partial charge in [0.1, 0.15) is 6.61 Å². The fraction of sp³-hybridized carbons (Fsp3) is 0.182. The number of ether oxygens (including phenoxy) is 1. The minimum atomic E-state index is -1.67. The fourth-order valence-corrected chi connectivity index (χ4v) is 1.33. The van der Waals surface area contributed by atoms with E-state index in [9.17, 15) is 24.6 Å². The molecule has 1 aromatic rings. The van der Waals surface area contributed by atoms with Gasteiger partial charge in [-0.25, -0.2) is 4.79 Å². The first-order valence-electron chi connectivity index (χ1n) is 4.82. The fourth-order valence-electron chi connectivity index (χ4n) is 1.23. The molecule has 0 aliphatic carbocycles. The maximum absolute atomic E-state index is 11.5. The molecule has 0 bridgehead atoms. The van der Waals surface area contributed by atoms with Crippen molar-refractivity contribution < 1.29 is 88.4 Å². The molecule has 0 saturated heterocycles. The van der Waals surface area contributed by atoms with Crippen molar-refractivity contribution in [2.24, 2.45) is 0 Å². The predicted octanol–water partition coefficient (Wildman–Crippen LogP) is -7.49. The summed E-state index contributed by atoms with van der Waals surface area (Å²) in [7, 11) is 0. The van der Waals surface area contributed by atoms with E-state index < -0.39 is 23.5 Å². The quantitative estimate of drug-likeness (QED) is 0.329. The molecule has 0 radical (unpaired) electrons. The number of carboxylic acids is 2. The second-order valence-electron chi connectivity index (χ2n) is 3.19. The zero-order chi connectivity index (χ0) is 13.7. The van der Waals surface area contributed by atoms with E-state index in [-0.39, 0.29) is 82.6 Å². The molecule has 9 heteroatoms. The number of carbonyl (C=O) groups excluding carboxylic acids is 3. The van der Waals surface area contributed by atoms with Crippen molar-refractivity contribution in [3.63, 3.8) is 0 Å². The van der Waals surface area contributed by atoms with Crippen LogP contribution in [0.25, 0.3) is 0 Å². The Morgan fingerprint density at radius 1 is 1.05 bits per heavy atom. The number of carboxylic acid groups (broad SMARTS) is 2. The SMILES string of the molecule is O=C([O-])c1ccc(C(=O)OCCS)c(C(=O)[O-])c1.[Na+].[Na+]. The van der Waals surface area contributed by atoms with Crippen LogP contribution in [0.15, 0.2) is 18.2 Å². The van der Waals surface area contributed by atoms with Gasteiger partial charge >= 0.3 is 65.1 Å². The van der Waals surface area contributed by atoms with Crippen LogP contribution < -0.4 is 69.3 Å². The molecule has 0 aliphatic heterocycles. The summed E-state index contributed by atoms with van der Waals surface area (Å²) in [6.45, 7) is 0.0106. The standard InChI is InChI=1S/C11H10O6S.2Na/c12-9(13)6-1-2-7(8(5-6)10(14)15)11(16)17-3-4-18;;/h1-2,5,18H,3-4H2,(H,12,13)(H,14,15);;/q;2*+1/p-2. The molecule has 0 aromatic heterocycles. The van der Waals surface area contributed by atoms with Crippen LogP contribution in [0.2, 0.25) is 0 Å². The molecule has 0 unspecified atom stereocenters. The molecule has 0 heterocycles. The maximum atomic E-state index is 11.5. The van der Waals surface area contributed by atoms with E-state index in [0.717, 1.165) is 18.2 Å². The van der Waals surface area contributed by atoms with Crippen LogP contribution >= 0.6 is 12.6 Å². The van der Waals surface area contributed by atoms with Gasteiger partial charge in [-0.1, -0.05) is 6.07 Å². The molecular formula is C11H8Na2O6S. The first-order chi connectivity index (χ1) is 8.47. The van der Waals surface area contributed by atoms with Crippen LogP contribution in [0.5, 0.6) is 0 Å². The Kier molecular flexibility index (Phi) is 11.9. The molecule has 0 saturated carbocycles. The van der Waals surface area contributed by atoms with Crippen LogP contribution in [0.4, 0.5) is 0 Å². The van der Waals surface area contributed by atoms with Crippen molar-refractivity contribution in [2.75, 3.05) is 12.4 Å². The number of carbonyl (C=O) groups is 3. The van der Waals surface area contributed by atoms with E-state index in [2.05, 4.69) is 12.6 Å². The average Bonchev–Trinajstić information content (AvgIpc) is 2.34. The number of hydrogen-bond donors (Lipinski definition) is 1. The van der Waals surface area contributed by atoms with Gasteiger partial charge < -0.3 is 24.5 Å². The Balaban J connectivity index is 0. The van der Waals surface area contributed by atoms with Gasteiger partial charge in [-0.05, 0) is 17.7 Å². The van der Waals surface area contributed by atoms with Crippen molar-refractivity contribution >= 4 is 30.5 Å². The average molecular weight is 314 g/mol. The topological polar surface area (TPSA) is 107 Å². The number of benzene rings is 1. The molecule has 0 amide bonds. The van der Waals surface area contributed by atoms with Crippen LogP contribution in [-0.4, -0.2) is 30.3 Å². The van der Waals surface area contributed by atoms with Crippen LogP contribution in [0.1, 0.15) is 31.1 Å². The zero-order valence-electron chi connectivity index (χ0n) is 11.0. The summed E-state index contributed by atoms with van der Waals surface area (Å²) in [6, 6.07) is 2.89. The maximum Gasteiger partial charge on any atom is 1.00 e. The summed E-state index contributed by atoms with van der Waals surface area (Å²) in [6.07, 6.45) is 0. The van der Waals surface area contributed by atoms with Crippen molar-refractivity contribution in [2.45, 2.75) is 0 Å². The third-order valence-electron chi connectivity index (χ3n) is 2.02. The van der Waals surface area contributed by atoms with E-state index in [1.807, 2.05) is 0 Å². The van der Waals surface area contributed by atoms with E-state index >= 15 is 0 Å². The van der Waals surface area contributed by atoms with Gasteiger partial charge in [0.05, 0.1) is 17.5 Å². The number of hydrogen-bond acceptors (Lipinski definition) is 7. The van der Waals surface area contributed by atoms with E-state index in [1.165, 1.54) is 0 Å². The molecule has 0 N–H and O–H groups in total. The first kappa shape index (κ1) is 22.3. The van der Waals surface area contributed by atoms with Gasteiger partial charge in [-0.15, -0.1) is 0 Å². The van der Waals surface area contributed by atoms with Gasteiger partial charge in [-0.2, -0.15) is 12.6 Å². The van der Waals surface area contributed by atoms with Crippen LogP contribution in [-0.2, 0) is 4.74 Å². The summed E-state index contributed by atoms with van der Waals surface area (Å²) in [5, 5.41) is 21.4. The molecule has 1 rings (SSSR count). The second-order valence-corrected chi connectivity index (χ2v) is 3.64. The summed E-state index contributed by atoms with van der Waals surface area (Å²) in [5.74, 6) is -3.82. The largest absolute Gasteiger partial charge is 1.00 e. The third-order valence-corrected chi connectivity index (χ3v) is 2.20. The van der Waals surface area contributed by atoms with Gasteiger partial charge in [-0.3, -0.25) is 0 Å². The van der Waals surface area contributed by atoms with Crippen molar-refractivity contribution in [3.8, 4) is 0 Å². The molecule has 6 nitrogen and oxygen atoms in total. The number of rotatable bonds is 5. The van der Waals surface area contributed by atoms with Crippen LogP contribution in [0, 0.1) is 0 Å². The molecule has 0 atom stereocenters. The van der Waals surface area contributed by atoms with Gasteiger partial charge in [0.2, 0.25) is 0 Å². The Hall–Kier alpha value is -0.0200. The van der Waals surface area contributed by atoms with Gasteiger partial charge in [0, 0.05) is 11.3 Å². The Bertz CT molecular complexity index is 506. The minimum Gasteiger partial charge on any atom is -0.545 e. The molecule has 0 aliphatic rings. The normalized spacial score (nSPS) is 8.85. The number of aromatic carboxylic acids is 2. The Morgan fingerprint density at radius 2 is 1.65 bits per heavy atom. The number of esters is 1. The van der Waals surface area contributed by atoms with Crippen molar-refractivity contribution in [1.29, 1.82) is 0 Å². The van der Waals surface area contributed by atoms with E-state index in [4.69, 9.17) is 4.74 Å². The summed E-state index contributed by atoms with van der Waals surface area (Å²) in [5.41, 5.74) is -1.19. The molecule has 0 fully saturated rings. The molecule has 0 spiro atoms. The Morgan fingerprint density at radius 3 is 2.10 bits per heavy atom. The van der Waals surface area contributed by atoms with E-state index in [0.29, 0.717) is 0 Å². The molecular weight excluding hydrogens is 306 g/mol. The smallest absolute Gasteiger partial charge is 0.545 e. The summed E-state index contributed by atoms with van der Waals surface area (Å²) < 4.78 is 4.70. The zero-order valence-corrected chi connectivity index (χ0v) is 15.9. The molecule has 1 aromatic carbocycles. The summed E-state index contributed by atoms with van der Waals surface area (Å²) >= 11 is 3.83. The monoisotopic (exact) mass is 314 g/mol. The molecule has 96 valence electrons. The second kappa shape index (κ2) is 10.7. The van der Waals surface area contributed by atoms with Crippen LogP contribution in [0.3, 0.4) is 0 Å². The van der Waals surface area contributed by atoms with Crippen molar-refractivity contribution in [1.82, 2.24) is 0 Å². The predicted molar refractivity (Wildman–Crippen MR) is 59.2 cm³/mol. The molecule has 20 heavy (non-hydrogen) atoms. The van der Waals surface area contributed by atoms with Gasteiger partial charge in [0.25, 0.3) is 0 Å².